The lowest BCUT2D eigenvalue weighted by Crippen LogP contribution is -2.13. The van der Waals surface area contributed by atoms with E-state index in [0.29, 0.717) is 10.6 Å². The number of hydrogen-bond acceptors (Lipinski definition) is 3. The van der Waals surface area contributed by atoms with Crippen LogP contribution in [0.2, 0.25) is 5.02 Å². The molecule has 4 heteroatoms. The second kappa shape index (κ2) is 7.14. The number of para-hydroxylation sites is 1. The van der Waals surface area contributed by atoms with Gasteiger partial charge in [0.2, 0.25) is 0 Å². The summed E-state index contributed by atoms with van der Waals surface area (Å²) in [5.41, 5.74) is 2.43. The molecular weight excluding hydrogens is 286 g/mol. The fourth-order valence-corrected chi connectivity index (χ4v) is 2.33. The van der Waals surface area contributed by atoms with Crippen molar-refractivity contribution in [1.29, 1.82) is 0 Å². The summed E-state index contributed by atoms with van der Waals surface area (Å²) in [5.74, 6) is -0.343. The lowest BCUT2D eigenvalue weighted by molar-refractivity contribution is 0.0602. The largest absolute Gasteiger partial charge is 0.465 e. The molecule has 1 N–H and O–H groups in total. The summed E-state index contributed by atoms with van der Waals surface area (Å²) in [5, 5.41) is 4.12. The number of hydrogen-bond donors (Lipinski definition) is 1. The van der Waals surface area contributed by atoms with Crippen LogP contribution in [0.3, 0.4) is 0 Å². The average molecular weight is 304 g/mol. The number of methoxy groups -OCH3 is 1. The number of halogens is 1. The number of benzene rings is 2. The average Bonchev–Trinajstić information content (AvgIpc) is 2.53. The van der Waals surface area contributed by atoms with Gasteiger partial charge in [0.15, 0.2) is 0 Å². The van der Waals surface area contributed by atoms with E-state index in [0.717, 1.165) is 17.7 Å². The van der Waals surface area contributed by atoms with Crippen LogP contribution in [0.25, 0.3) is 0 Å². The highest BCUT2D eigenvalue weighted by Crippen LogP contribution is 2.26. The first-order chi connectivity index (χ1) is 10.2. The van der Waals surface area contributed by atoms with Gasteiger partial charge in [-0.15, -0.1) is 0 Å². The molecule has 2 rings (SSSR count). The highest BCUT2D eigenvalue weighted by molar-refractivity contribution is 6.30. The first-order valence-electron chi connectivity index (χ1n) is 6.85. The Bertz CT molecular complexity index is 610. The lowest BCUT2D eigenvalue weighted by atomic mass is 10.0. The SMILES string of the molecule is CCC(Nc1ccccc1C(=O)OC)c1ccc(Cl)cc1. The Morgan fingerprint density at radius 2 is 1.86 bits per heavy atom. The number of carbonyl (C=O) groups is 1. The highest BCUT2D eigenvalue weighted by Gasteiger charge is 2.15. The van der Waals surface area contributed by atoms with Crippen molar-refractivity contribution in [3.8, 4) is 0 Å². The normalized spacial score (nSPS) is 11.8. The molecule has 1 atom stereocenters. The van der Waals surface area contributed by atoms with E-state index in [1.165, 1.54) is 7.11 Å². The van der Waals surface area contributed by atoms with Gasteiger partial charge in [-0.1, -0.05) is 42.8 Å². The third-order valence-corrected chi connectivity index (χ3v) is 3.59. The Labute approximate surface area is 129 Å². The molecule has 2 aromatic carbocycles. The number of anilines is 1. The molecule has 3 nitrogen and oxygen atoms in total. The van der Waals surface area contributed by atoms with E-state index >= 15 is 0 Å². The zero-order chi connectivity index (χ0) is 15.2. The molecule has 0 saturated carbocycles. The molecule has 0 aliphatic carbocycles. The van der Waals surface area contributed by atoms with Gasteiger partial charge in [0.05, 0.1) is 18.7 Å². The predicted molar refractivity (Wildman–Crippen MR) is 85.9 cm³/mol. The van der Waals surface area contributed by atoms with Gasteiger partial charge < -0.3 is 10.1 Å². The molecule has 1 unspecified atom stereocenters. The van der Waals surface area contributed by atoms with Crippen molar-refractivity contribution >= 4 is 23.3 Å². The number of ether oxygens (including phenoxy) is 1. The minimum absolute atomic E-state index is 0.105. The van der Waals surface area contributed by atoms with Crippen LogP contribution in [-0.4, -0.2) is 13.1 Å². The smallest absolute Gasteiger partial charge is 0.339 e. The summed E-state index contributed by atoms with van der Waals surface area (Å²) >= 11 is 5.92. The highest BCUT2D eigenvalue weighted by atomic mass is 35.5. The van der Waals surface area contributed by atoms with E-state index in [1.54, 1.807) is 6.07 Å². The van der Waals surface area contributed by atoms with Crippen molar-refractivity contribution in [2.45, 2.75) is 19.4 Å². The van der Waals surface area contributed by atoms with Gasteiger partial charge in [-0.25, -0.2) is 4.79 Å². The first kappa shape index (κ1) is 15.4. The molecule has 0 aliphatic rings. The van der Waals surface area contributed by atoms with Crippen LogP contribution in [0.5, 0.6) is 0 Å². The van der Waals surface area contributed by atoms with Crippen LogP contribution < -0.4 is 5.32 Å². The van der Waals surface area contributed by atoms with Crippen LogP contribution >= 0.6 is 11.6 Å². The minimum atomic E-state index is -0.343. The molecule has 110 valence electrons. The van der Waals surface area contributed by atoms with Gasteiger partial charge in [-0.2, -0.15) is 0 Å². The van der Waals surface area contributed by atoms with Crippen molar-refractivity contribution in [1.82, 2.24) is 0 Å². The van der Waals surface area contributed by atoms with Gasteiger partial charge >= 0.3 is 5.97 Å². The third kappa shape index (κ3) is 3.76. The van der Waals surface area contributed by atoms with E-state index in [4.69, 9.17) is 16.3 Å². The summed E-state index contributed by atoms with van der Waals surface area (Å²) < 4.78 is 4.82. The molecular formula is C17H18ClNO2. The Balaban J connectivity index is 2.27. The van der Waals surface area contributed by atoms with E-state index < -0.39 is 0 Å². The molecule has 0 heterocycles. The summed E-state index contributed by atoms with van der Waals surface area (Å²) in [6, 6.07) is 15.2. The summed E-state index contributed by atoms with van der Waals surface area (Å²) in [6.45, 7) is 2.09. The van der Waals surface area contributed by atoms with Gasteiger partial charge in [0.25, 0.3) is 0 Å². The summed E-state index contributed by atoms with van der Waals surface area (Å²) in [6.07, 6.45) is 0.886. The summed E-state index contributed by atoms with van der Waals surface area (Å²) in [7, 11) is 1.38. The van der Waals surface area contributed by atoms with Crippen LogP contribution in [0, 0.1) is 0 Å². The molecule has 0 fully saturated rings. The predicted octanol–water partition coefficient (Wildman–Crippen LogP) is 4.69. The van der Waals surface area contributed by atoms with Crippen molar-refractivity contribution < 1.29 is 9.53 Å². The maximum absolute atomic E-state index is 11.8. The van der Waals surface area contributed by atoms with E-state index in [9.17, 15) is 4.79 Å². The Hall–Kier alpha value is -2.00. The Morgan fingerprint density at radius 3 is 2.48 bits per heavy atom. The maximum Gasteiger partial charge on any atom is 0.339 e. The summed E-state index contributed by atoms with van der Waals surface area (Å²) in [4.78, 5) is 11.8. The fourth-order valence-electron chi connectivity index (χ4n) is 2.20. The molecule has 0 spiro atoms. The molecule has 0 aliphatic heterocycles. The van der Waals surface area contributed by atoms with Crippen LogP contribution in [0.4, 0.5) is 5.69 Å². The second-order valence-electron chi connectivity index (χ2n) is 4.69. The second-order valence-corrected chi connectivity index (χ2v) is 5.13. The maximum atomic E-state index is 11.8. The molecule has 0 radical (unpaired) electrons. The van der Waals surface area contributed by atoms with Gasteiger partial charge in [-0.05, 0) is 36.2 Å². The Morgan fingerprint density at radius 1 is 1.19 bits per heavy atom. The van der Waals surface area contributed by atoms with E-state index in [2.05, 4.69) is 12.2 Å². The minimum Gasteiger partial charge on any atom is -0.465 e. The molecule has 0 bridgehead atoms. The fraction of sp³-hybridized carbons (Fsp3) is 0.235. The van der Waals surface area contributed by atoms with Crippen LogP contribution in [0.1, 0.15) is 35.3 Å². The van der Waals surface area contributed by atoms with Crippen molar-refractivity contribution in [2.75, 3.05) is 12.4 Å². The van der Waals surface area contributed by atoms with Crippen molar-refractivity contribution in [3.05, 3.63) is 64.7 Å². The van der Waals surface area contributed by atoms with Gasteiger partial charge in [0, 0.05) is 10.7 Å². The van der Waals surface area contributed by atoms with E-state index in [-0.39, 0.29) is 12.0 Å². The quantitative estimate of drug-likeness (QED) is 0.814. The molecule has 0 amide bonds. The number of rotatable bonds is 5. The third-order valence-electron chi connectivity index (χ3n) is 3.34. The first-order valence-corrected chi connectivity index (χ1v) is 7.22. The molecule has 2 aromatic rings. The standard InChI is InChI=1S/C17H18ClNO2/c1-3-15(12-8-10-13(18)11-9-12)19-16-7-5-4-6-14(16)17(20)21-2/h4-11,15,19H,3H2,1-2H3. The topological polar surface area (TPSA) is 38.3 Å². The Kier molecular flexibility index (Phi) is 5.23. The zero-order valence-electron chi connectivity index (χ0n) is 12.1. The zero-order valence-corrected chi connectivity index (χ0v) is 12.9. The van der Waals surface area contributed by atoms with Gasteiger partial charge in [-0.3, -0.25) is 0 Å². The number of nitrogens with one attached hydrogen (secondary N) is 1. The lowest BCUT2D eigenvalue weighted by Gasteiger charge is -2.20. The van der Waals surface area contributed by atoms with Crippen molar-refractivity contribution in [3.63, 3.8) is 0 Å². The monoisotopic (exact) mass is 303 g/mol. The van der Waals surface area contributed by atoms with Crippen LogP contribution in [-0.2, 0) is 4.74 Å². The van der Waals surface area contributed by atoms with Gasteiger partial charge in [0.1, 0.15) is 0 Å². The molecule has 0 aromatic heterocycles. The van der Waals surface area contributed by atoms with Crippen LogP contribution in [0.15, 0.2) is 48.5 Å². The molecule has 21 heavy (non-hydrogen) atoms. The number of esters is 1. The van der Waals surface area contributed by atoms with E-state index in [1.807, 2.05) is 42.5 Å². The van der Waals surface area contributed by atoms with Crippen molar-refractivity contribution in [2.24, 2.45) is 0 Å². The number of carbonyl (C=O) groups excluding carboxylic acids is 1. The molecule has 0 saturated heterocycles.